The van der Waals surface area contributed by atoms with E-state index in [9.17, 15) is 48.5 Å². The number of carbonyl (C=O) groups is 2. The summed E-state index contributed by atoms with van der Waals surface area (Å²) in [5, 5.41) is 18.3. The standard InChI is InChI=1S/C30H20ClN7O12S3/c31-28-34-29(32-17-8-5-15(6-9-17)27(40)41)36-30(35-28)33-21-13-18(51(42,43)44)11-16-12-22(52(45,46)47)24(25(39)23(16)21)38-37-20-10-7-14-3-1-2-4-19(14)26(20)53(48,49)50/h1-13,37H,(H,40,41)(H,42,43,44)(H,45,46,47)(H,48,49,50)(H2,32,33,34,35,36)/b38-24+. The number of ketones is 1. The number of hydrazone groups is 1. The average molecular weight is 802 g/mol. The monoisotopic (exact) mass is 801 g/mol. The topological polar surface area (TPSA) is 305 Å². The van der Waals surface area contributed by atoms with Crippen LogP contribution in [0, 0.1) is 0 Å². The summed E-state index contributed by atoms with van der Waals surface area (Å²) < 4.78 is 104. The van der Waals surface area contributed by atoms with Gasteiger partial charge in [0, 0.05) is 11.1 Å². The van der Waals surface area contributed by atoms with Crippen LogP contribution in [0.1, 0.15) is 26.3 Å². The SMILES string of the molecule is O=C(O)c1ccc(Nc2nc(Cl)nc(Nc3cc(S(=O)(=O)O)cc4c3C(=O)/C(=N/Nc3ccc5ccccc5c3S(=O)(=O)O)C(S(=O)(=O)O)=C4)n2)cc1. The number of aromatic nitrogens is 3. The van der Waals surface area contributed by atoms with Gasteiger partial charge < -0.3 is 15.7 Å². The lowest BCUT2D eigenvalue weighted by molar-refractivity contribution is 0.0696. The highest BCUT2D eigenvalue weighted by Gasteiger charge is 2.36. The van der Waals surface area contributed by atoms with Crippen molar-refractivity contribution in [3.8, 4) is 0 Å². The van der Waals surface area contributed by atoms with Crippen LogP contribution in [0.2, 0.25) is 5.28 Å². The van der Waals surface area contributed by atoms with Gasteiger partial charge >= 0.3 is 5.97 Å². The molecule has 7 N–H and O–H groups in total. The van der Waals surface area contributed by atoms with Crippen molar-refractivity contribution < 1.29 is 53.6 Å². The number of halogens is 1. The highest BCUT2D eigenvalue weighted by Crippen LogP contribution is 2.36. The molecule has 1 aliphatic carbocycles. The lowest BCUT2D eigenvalue weighted by atomic mass is 9.93. The van der Waals surface area contributed by atoms with Crippen LogP contribution in [0.25, 0.3) is 16.8 Å². The van der Waals surface area contributed by atoms with Crippen LogP contribution < -0.4 is 16.1 Å². The zero-order valence-electron chi connectivity index (χ0n) is 26.0. The molecule has 0 amide bonds. The molecule has 0 saturated heterocycles. The number of carboxylic acid groups (broad SMARTS) is 1. The fourth-order valence-electron chi connectivity index (χ4n) is 5.13. The van der Waals surface area contributed by atoms with Crippen molar-refractivity contribution >= 4 is 105 Å². The van der Waals surface area contributed by atoms with E-state index in [-0.39, 0.29) is 16.9 Å². The molecule has 23 heteroatoms. The van der Waals surface area contributed by atoms with E-state index in [1.165, 1.54) is 48.5 Å². The Labute approximate surface area is 303 Å². The van der Waals surface area contributed by atoms with Crippen molar-refractivity contribution in [2.75, 3.05) is 16.1 Å². The van der Waals surface area contributed by atoms with Crippen molar-refractivity contribution in [2.24, 2.45) is 5.10 Å². The molecule has 0 radical (unpaired) electrons. The number of nitrogens with zero attached hydrogens (tertiary/aromatic N) is 4. The molecular formula is C30H20ClN7O12S3. The molecule has 19 nitrogen and oxygen atoms in total. The summed E-state index contributed by atoms with van der Waals surface area (Å²) >= 11 is 6.08. The maximum absolute atomic E-state index is 14.1. The molecule has 0 aliphatic heterocycles. The zero-order valence-corrected chi connectivity index (χ0v) is 29.2. The fraction of sp³-hybridized carbons (Fsp3) is 0. The molecular weight excluding hydrogens is 782 g/mol. The molecule has 1 aromatic heterocycles. The number of hydrogen-bond acceptors (Lipinski definition) is 15. The van der Waals surface area contributed by atoms with Crippen molar-refractivity contribution in [1.82, 2.24) is 15.0 Å². The van der Waals surface area contributed by atoms with E-state index in [1.807, 2.05) is 0 Å². The molecule has 1 aliphatic rings. The van der Waals surface area contributed by atoms with Crippen LogP contribution in [0.5, 0.6) is 0 Å². The quantitative estimate of drug-likeness (QED) is 0.0766. The Morgan fingerprint density at radius 3 is 2.04 bits per heavy atom. The van der Waals surface area contributed by atoms with Gasteiger partial charge in [0.2, 0.25) is 23.0 Å². The minimum Gasteiger partial charge on any atom is -0.478 e. The Hall–Kier alpha value is -5.88. The van der Waals surface area contributed by atoms with E-state index in [0.29, 0.717) is 17.1 Å². The average Bonchev–Trinajstić information content (AvgIpc) is 3.06. The third-order valence-electron chi connectivity index (χ3n) is 7.35. The van der Waals surface area contributed by atoms with E-state index in [4.69, 9.17) is 16.7 Å². The summed E-state index contributed by atoms with van der Waals surface area (Å²) in [4.78, 5) is 34.5. The summed E-state index contributed by atoms with van der Waals surface area (Å²) in [6.07, 6.45) is 0.671. The summed E-state index contributed by atoms with van der Waals surface area (Å²) in [7, 11) is -15.3. The number of allylic oxidation sites excluding steroid dienone is 1. The maximum atomic E-state index is 14.1. The second-order valence-electron chi connectivity index (χ2n) is 10.8. The lowest BCUT2D eigenvalue weighted by Gasteiger charge is -2.21. The van der Waals surface area contributed by atoms with Crippen molar-refractivity contribution in [1.29, 1.82) is 0 Å². The number of fused-ring (bicyclic) bond motifs is 2. The first-order chi connectivity index (χ1) is 24.8. The van der Waals surface area contributed by atoms with Gasteiger partial charge in [0.1, 0.15) is 9.80 Å². The summed E-state index contributed by atoms with van der Waals surface area (Å²) in [6, 6.07) is 15.5. The summed E-state index contributed by atoms with van der Waals surface area (Å²) in [5.41, 5.74) is -0.263. The lowest BCUT2D eigenvalue weighted by Crippen LogP contribution is -2.28. The molecule has 272 valence electrons. The van der Waals surface area contributed by atoms with Gasteiger partial charge in [-0.05, 0) is 71.1 Å². The highest BCUT2D eigenvalue weighted by atomic mass is 35.5. The predicted molar refractivity (Wildman–Crippen MR) is 190 cm³/mol. The van der Waals surface area contributed by atoms with Gasteiger partial charge in [-0.1, -0.05) is 30.3 Å². The minimum absolute atomic E-state index is 0.0137. The van der Waals surface area contributed by atoms with Gasteiger partial charge in [-0.15, -0.1) is 0 Å². The van der Waals surface area contributed by atoms with E-state index >= 15 is 0 Å². The fourth-order valence-corrected chi connectivity index (χ4v) is 7.34. The summed E-state index contributed by atoms with van der Waals surface area (Å²) in [5.74, 6) is -3.09. The Balaban J connectivity index is 1.46. The molecule has 6 rings (SSSR count). The van der Waals surface area contributed by atoms with E-state index in [2.05, 4.69) is 36.1 Å². The normalized spacial score (nSPS) is 14.1. The zero-order chi connectivity index (χ0) is 38.5. The molecule has 1 heterocycles. The molecule has 0 saturated carbocycles. The van der Waals surface area contributed by atoms with Gasteiger partial charge in [0.15, 0.2) is 5.71 Å². The van der Waals surface area contributed by atoms with Gasteiger partial charge in [0.05, 0.1) is 27.4 Å². The molecule has 53 heavy (non-hydrogen) atoms. The van der Waals surface area contributed by atoms with Gasteiger partial charge in [-0.25, -0.2) is 4.79 Å². The number of anilines is 5. The van der Waals surface area contributed by atoms with E-state index in [0.717, 1.165) is 12.1 Å². The molecule has 0 bridgehead atoms. The number of benzene rings is 4. The van der Waals surface area contributed by atoms with Crippen LogP contribution in [-0.2, 0) is 30.4 Å². The molecule has 4 aromatic carbocycles. The smallest absolute Gasteiger partial charge is 0.335 e. The largest absolute Gasteiger partial charge is 0.478 e. The third-order valence-corrected chi connectivity index (χ3v) is 10.2. The molecule has 0 fully saturated rings. The van der Waals surface area contributed by atoms with E-state index < -0.39 is 96.2 Å². The van der Waals surface area contributed by atoms with Gasteiger partial charge in [-0.2, -0.15) is 45.3 Å². The number of aromatic carboxylic acids is 1. The first-order valence-corrected chi connectivity index (χ1v) is 19.0. The van der Waals surface area contributed by atoms with E-state index in [1.54, 1.807) is 12.1 Å². The number of carboxylic acids is 1. The molecule has 0 spiro atoms. The Bertz CT molecular complexity index is 2800. The Morgan fingerprint density at radius 1 is 0.755 bits per heavy atom. The van der Waals surface area contributed by atoms with Crippen LogP contribution in [0.3, 0.4) is 0 Å². The number of carbonyl (C=O) groups excluding carboxylic acids is 1. The van der Waals surface area contributed by atoms with Crippen LogP contribution in [-0.4, -0.2) is 76.4 Å². The minimum atomic E-state index is -5.32. The Kier molecular flexibility index (Phi) is 9.46. The van der Waals surface area contributed by atoms with Gasteiger partial charge in [-0.3, -0.25) is 23.9 Å². The first kappa shape index (κ1) is 36.9. The van der Waals surface area contributed by atoms with Crippen molar-refractivity contribution in [3.05, 3.63) is 99.7 Å². The predicted octanol–water partition coefficient (Wildman–Crippen LogP) is 4.25. The molecule has 0 unspecified atom stereocenters. The summed E-state index contributed by atoms with van der Waals surface area (Å²) in [6.45, 7) is 0. The van der Waals surface area contributed by atoms with Crippen molar-refractivity contribution in [3.63, 3.8) is 0 Å². The second kappa shape index (κ2) is 13.6. The molecule has 0 atom stereocenters. The van der Waals surface area contributed by atoms with Crippen LogP contribution >= 0.6 is 11.6 Å². The maximum Gasteiger partial charge on any atom is 0.335 e. The Morgan fingerprint density at radius 2 is 1.42 bits per heavy atom. The number of rotatable bonds is 10. The van der Waals surface area contributed by atoms with Crippen LogP contribution in [0.15, 0.2) is 92.6 Å². The first-order valence-electron chi connectivity index (χ1n) is 14.3. The van der Waals surface area contributed by atoms with Crippen molar-refractivity contribution in [2.45, 2.75) is 9.79 Å². The molecule has 5 aromatic rings. The highest BCUT2D eigenvalue weighted by molar-refractivity contribution is 7.91. The number of nitrogens with one attached hydrogen (secondary N) is 3. The van der Waals surface area contributed by atoms with Gasteiger partial charge in [0.25, 0.3) is 30.4 Å². The second-order valence-corrected chi connectivity index (χ2v) is 15.3. The number of Topliss-reactive ketones (excluding diaryl/α,β-unsaturated/α-hetero) is 1. The third kappa shape index (κ3) is 7.82. The van der Waals surface area contributed by atoms with Crippen LogP contribution in [0.4, 0.5) is 29.0 Å². The number of hydrogen-bond donors (Lipinski definition) is 7.